The van der Waals surface area contributed by atoms with Crippen molar-refractivity contribution < 1.29 is 14.4 Å². The molecule has 120 valence electrons. The van der Waals surface area contributed by atoms with E-state index in [4.69, 9.17) is 9.47 Å². The molecule has 23 heavy (non-hydrogen) atoms. The second kappa shape index (κ2) is 6.12. The molecule has 0 spiro atoms. The van der Waals surface area contributed by atoms with Gasteiger partial charge in [0.1, 0.15) is 12.0 Å². The van der Waals surface area contributed by atoms with E-state index in [1.807, 2.05) is 32.0 Å². The first-order valence-electron chi connectivity index (χ1n) is 7.33. The Bertz CT molecular complexity index is 748. The number of nitrogens with zero attached hydrogens (tertiary/aromatic N) is 3. The van der Waals surface area contributed by atoms with E-state index < -0.39 is 4.92 Å². The van der Waals surface area contributed by atoms with Crippen molar-refractivity contribution in [1.82, 2.24) is 4.98 Å². The van der Waals surface area contributed by atoms with Crippen LogP contribution in [0.15, 0.2) is 30.5 Å². The van der Waals surface area contributed by atoms with Crippen LogP contribution < -0.4 is 14.4 Å². The molecule has 3 rings (SSSR count). The van der Waals surface area contributed by atoms with Crippen LogP contribution in [0.25, 0.3) is 0 Å². The van der Waals surface area contributed by atoms with Gasteiger partial charge in [0.05, 0.1) is 4.92 Å². The van der Waals surface area contributed by atoms with E-state index in [-0.39, 0.29) is 12.5 Å². The predicted octanol–water partition coefficient (Wildman–Crippen LogP) is 3.05. The summed E-state index contributed by atoms with van der Waals surface area (Å²) in [5.41, 5.74) is 1.85. The Hall–Kier alpha value is -2.83. The van der Waals surface area contributed by atoms with Crippen LogP contribution in [-0.2, 0) is 6.54 Å². The van der Waals surface area contributed by atoms with Gasteiger partial charge < -0.3 is 14.4 Å². The molecule has 0 saturated carbocycles. The average molecular weight is 315 g/mol. The fourth-order valence-corrected chi connectivity index (χ4v) is 2.58. The molecule has 0 fully saturated rings. The van der Waals surface area contributed by atoms with Crippen molar-refractivity contribution in [3.63, 3.8) is 0 Å². The van der Waals surface area contributed by atoms with Crippen LogP contribution >= 0.6 is 0 Å². The smallest absolute Gasteiger partial charge is 0.287 e. The molecule has 1 aromatic carbocycles. The predicted molar refractivity (Wildman–Crippen MR) is 84.9 cm³/mol. The second-order valence-corrected chi connectivity index (χ2v) is 5.29. The van der Waals surface area contributed by atoms with Crippen molar-refractivity contribution in [1.29, 1.82) is 0 Å². The van der Waals surface area contributed by atoms with Gasteiger partial charge in [0.25, 0.3) is 5.69 Å². The summed E-state index contributed by atoms with van der Waals surface area (Å²) in [6.07, 6.45) is 1.30. The van der Waals surface area contributed by atoms with Crippen LogP contribution in [0, 0.1) is 17.0 Å². The summed E-state index contributed by atoms with van der Waals surface area (Å²) >= 11 is 0. The number of hydrogen-bond donors (Lipinski definition) is 0. The molecular weight excluding hydrogens is 298 g/mol. The lowest BCUT2D eigenvalue weighted by molar-refractivity contribution is -0.385. The van der Waals surface area contributed by atoms with E-state index in [1.165, 1.54) is 6.20 Å². The first-order chi connectivity index (χ1) is 11.1. The summed E-state index contributed by atoms with van der Waals surface area (Å²) in [6.45, 7) is 5.48. The van der Waals surface area contributed by atoms with Gasteiger partial charge in [-0.3, -0.25) is 10.1 Å². The quantitative estimate of drug-likeness (QED) is 0.623. The largest absolute Gasteiger partial charge is 0.454 e. The SMILES string of the molecule is CCN(Cc1ccc2c(c1)OCO2)c1ncc([N+](=O)[O-])cc1C. The minimum Gasteiger partial charge on any atom is -0.454 e. The molecule has 0 radical (unpaired) electrons. The minimum atomic E-state index is -0.433. The highest BCUT2D eigenvalue weighted by Crippen LogP contribution is 2.33. The number of anilines is 1. The molecule has 0 aliphatic carbocycles. The van der Waals surface area contributed by atoms with Gasteiger partial charge in [-0.15, -0.1) is 0 Å². The number of rotatable bonds is 5. The number of aromatic nitrogens is 1. The van der Waals surface area contributed by atoms with Gasteiger partial charge in [-0.2, -0.15) is 0 Å². The Kier molecular flexibility index (Phi) is 4.01. The number of hydrogen-bond acceptors (Lipinski definition) is 6. The van der Waals surface area contributed by atoms with Crippen LogP contribution in [0.2, 0.25) is 0 Å². The van der Waals surface area contributed by atoms with Crippen LogP contribution in [0.3, 0.4) is 0 Å². The third-order valence-corrected chi connectivity index (χ3v) is 3.74. The Morgan fingerprint density at radius 2 is 2.09 bits per heavy atom. The van der Waals surface area contributed by atoms with Crippen molar-refractivity contribution in [3.8, 4) is 11.5 Å². The Morgan fingerprint density at radius 3 is 2.78 bits per heavy atom. The minimum absolute atomic E-state index is 0.00498. The van der Waals surface area contributed by atoms with Crippen molar-refractivity contribution in [2.45, 2.75) is 20.4 Å². The normalized spacial score (nSPS) is 12.3. The summed E-state index contributed by atoms with van der Waals surface area (Å²) in [5, 5.41) is 10.8. The van der Waals surface area contributed by atoms with Gasteiger partial charge in [0.15, 0.2) is 11.5 Å². The van der Waals surface area contributed by atoms with Gasteiger partial charge in [-0.05, 0) is 37.1 Å². The molecule has 7 nitrogen and oxygen atoms in total. The molecule has 0 atom stereocenters. The molecule has 2 aromatic rings. The molecule has 0 bridgehead atoms. The van der Waals surface area contributed by atoms with Crippen molar-refractivity contribution in [2.75, 3.05) is 18.2 Å². The standard InChI is InChI=1S/C16H17N3O4/c1-3-18(16-11(2)6-13(8-17-16)19(20)21)9-12-4-5-14-15(7-12)23-10-22-14/h4-8H,3,9-10H2,1-2H3. The molecular formula is C16H17N3O4. The first-order valence-corrected chi connectivity index (χ1v) is 7.33. The maximum absolute atomic E-state index is 10.8. The number of aryl methyl sites for hydroxylation is 1. The fourth-order valence-electron chi connectivity index (χ4n) is 2.58. The number of benzene rings is 1. The number of ether oxygens (including phenoxy) is 2. The van der Waals surface area contributed by atoms with E-state index in [0.717, 1.165) is 35.0 Å². The number of fused-ring (bicyclic) bond motifs is 1. The van der Waals surface area contributed by atoms with Crippen LogP contribution in [0.1, 0.15) is 18.1 Å². The highest BCUT2D eigenvalue weighted by atomic mass is 16.7. The summed E-state index contributed by atoms with van der Waals surface area (Å²) < 4.78 is 10.7. The van der Waals surface area contributed by atoms with E-state index in [1.54, 1.807) is 6.07 Å². The van der Waals surface area contributed by atoms with Gasteiger partial charge in [-0.25, -0.2) is 4.98 Å². The van der Waals surface area contributed by atoms with Crippen LogP contribution in [-0.4, -0.2) is 23.2 Å². The third kappa shape index (κ3) is 3.03. The monoisotopic (exact) mass is 315 g/mol. The summed E-state index contributed by atoms with van der Waals surface area (Å²) in [6, 6.07) is 7.37. The Morgan fingerprint density at radius 1 is 1.30 bits per heavy atom. The van der Waals surface area contributed by atoms with Gasteiger partial charge in [-0.1, -0.05) is 6.07 Å². The van der Waals surface area contributed by atoms with Crippen LogP contribution in [0.5, 0.6) is 11.5 Å². The molecule has 0 N–H and O–H groups in total. The van der Waals surface area contributed by atoms with E-state index in [0.29, 0.717) is 6.54 Å². The lowest BCUT2D eigenvalue weighted by atomic mass is 10.1. The third-order valence-electron chi connectivity index (χ3n) is 3.74. The van der Waals surface area contributed by atoms with Gasteiger partial charge in [0.2, 0.25) is 6.79 Å². The van der Waals surface area contributed by atoms with E-state index in [2.05, 4.69) is 9.88 Å². The molecule has 1 aromatic heterocycles. The Balaban J connectivity index is 1.84. The zero-order chi connectivity index (χ0) is 16.4. The lowest BCUT2D eigenvalue weighted by Gasteiger charge is -2.23. The Labute approximate surface area is 133 Å². The lowest BCUT2D eigenvalue weighted by Crippen LogP contribution is -2.24. The molecule has 0 amide bonds. The highest BCUT2D eigenvalue weighted by molar-refractivity contribution is 5.52. The summed E-state index contributed by atoms with van der Waals surface area (Å²) in [5.74, 6) is 2.24. The number of pyridine rings is 1. The molecule has 2 heterocycles. The maximum atomic E-state index is 10.8. The zero-order valence-electron chi connectivity index (χ0n) is 13.0. The van der Waals surface area contributed by atoms with E-state index >= 15 is 0 Å². The summed E-state index contributed by atoms with van der Waals surface area (Å²) in [4.78, 5) is 16.7. The molecule has 0 unspecified atom stereocenters. The fraction of sp³-hybridized carbons (Fsp3) is 0.312. The van der Waals surface area contributed by atoms with Crippen LogP contribution in [0.4, 0.5) is 11.5 Å². The topological polar surface area (TPSA) is 77.7 Å². The molecule has 0 saturated heterocycles. The zero-order valence-corrected chi connectivity index (χ0v) is 13.0. The van der Waals surface area contributed by atoms with Crippen molar-refractivity contribution in [3.05, 3.63) is 51.7 Å². The molecule has 1 aliphatic rings. The van der Waals surface area contributed by atoms with E-state index in [9.17, 15) is 10.1 Å². The maximum Gasteiger partial charge on any atom is 0.287 e. The van der Waals surface area contributed by atoms with Crippen molar-refractivity contribution >= 4 is 11.5 Å². The molecule has 1 aliphatic heterocycles. The van der Waals surface area contributed by atoms with Crippen molar-refractivity contribution in [2.24, 2.45) is 0 Å². The first kappa shape index (κ1) is 15.1. The van der Waals surface area contributed by atoms with Gasteiger partial charge >= 0.3 is 0 Å². The number of nitro groups is 1. The highest BCUT2D eigenvalue weighted by Gasteiger charge is 2.17. The molecule has 7 heteroatoms. The van der Waals surface area contributed by atoms with Gasteiger partial charge in [0, 0.05) is 19.2 Å². The summed E-state index contributed by atoms with van der Waals surface area (Å²) in [7, 11) is 0. The second-order valence-electron chi connectivity index (χ2n) is 5.29. The average Bonchev–Trinajstić information content (AvgIpc) is 3.00.